The summed E-state index contributed by atoms with van der Waals surface area (Å²) in [6.45, 7) is 4.31. The van der Waals surface area contributed by atoms with Gasteiger partial charge in [-0.1, -0.05) is 24.3 Å². The average molecular weight is 369 g/mol. The first-order valence-corrected chi connectivity index (χ1v) is 9.13. The van der Waals surface area contributed by atoms with Gasteiger partial charge < -0.3 is 9.88 Å². The predicted molar refractivity (Wildman–Crippen MR) is 103 cm³/mol. The van der Waals surface area contributed by atoms with E-state index in [0.717, 1.165) is 20.7 Å². The molecule has 0 spiro atoms. The van der Waals surface area contributed by atoms with Crippen molar-refractivity contribution in [1.82, 2.24) is 9.55 Å². The van der Waals surface area contributed by atoms with Crippen molar-refractivity contribution >= 4 is 22.9 Å². The molecule has 0 aliphatic carbocycles. The van der Waals surface area contributed by atoms with Crippen LogP contribution in [0, 0.1) is 6.92 Å². The normalized spacial score (nSPS) is 10.7. The quantitative estimate of drug-likeness (QED) is 0.751. The monoisotopic (exact) mass is 369 g/mol. The Morgan fingerprint density at radius 1 is 1.19 bits per heavy atom. The van der Waals surface area contributed by atoms with Crippen LogP contribution in [-0.4, -0.2) is 22.0 Å². The molecule has 2 heterocycles. The Morgan fingerprint density at radius 3 is 2.62 bits per heavy atom. The van der Waals surface area contributed by atoms with Crippen molar-refractivity contribution in [2.75, 3.05) is 11.4 Å². The first-order valence-electron chi connectivity index (χ1n) is 8.25. The van der Waals surface area contributed by atoms with Crippen LogP contribution < -0.4 is 16.1 Å². The molecular weight excluding hydrogens is 350 g/mol. The topological polar surface area (TPSA) is 75.2 Å². The van der Waals surface area contributed by atoms with E-state index in [1.165, 1.54) is 17.5 Å². The molecule has 134 valence electrons. The number of carbonyl (C=O) groups is 1. The molecule has 1 amide bonds. The number of para-hydroxylation sites is 1. The standard InChI is InChI=1S/C19H19N3O3S/c1-3-21(16-9-5-4-7-13(16)2)17(23)15-11-20-19(25)22(18(15)24)12-14-8-6-10-26-14/h4-11H,3,12H2,1-2H3,(H,20,25). The third kappa shape index (κ3) is 3.39. The van der Waals surface area contributed by atoms with Crippen LogP contribution in [0.25, 0.3) is 0 Å². The molecule has 0 aliphatic rings. The summed E-state index contributed by atoms with van der Waals surface area (Å²) in [5, 5.41) is 1.88. The number of hydrogen-bond acceptors (Lipinski definition) is 4. The zero-order valence-corrected chi connectivity index (χ0v) is 15.4. The van der Waals surface area contributed by atoms with E-state index >= 15 is 0 Å². The summed E-state index contributed by atoms with van der Waals surface area (Å²) in [6.07, 6.45) is 1.21. The first kappa shape index (κ1) is 17.9. The molecule has 3 rings (SSSR count). The van der Waals surface area contributed by atoms with E-state index in [0.29, 0.717) is 6.54 Å². The molecule has 26 heavy (non-hydrogen) atoms. The van der Waals surface area contributed by atoms with E-state index in [9.17, 15) is 14.4 Å². The van der Waals surface area contributed by atoms with Crippen LogP contribution in [0.5, 0.6) is 0 Å². The lowest BCUT2D eigenvalue weighted by molar-refractivity contribution is 0.0985. The summed E-state index contributed by atoms with van der Waals surface area (Å²) in [5.41, 5.74) is 0.519. The van der Waals surface area contributed by atoms with Gasteiger partial charge in [0.2, 0.25) is 0 Å². The highest BCUT2D eigenvalue weighted by Crippen LogP contribution is 2.20. The van der Waals surface area contributed by atoms with E-state index < -0.39 is 17.2 Å². The number of thiophene rings is 1. The van der Waals surface area contributed by atoms with Gasteiger partial charge in [0.1, 0.15) is 5.56 Å². The molecule has 0 saturated carbocycles. The number of rotatable bonds is 5. The molecule has 0 aliphatic heterocycles. The summed E-state index contributed by atoms with van der Waals surface area (Å²) in [5.74, 6) is -0.428. The Hall–Kier alpha value is -2.93. The molecule has 2 aromatic heterocycles. The lowest BCUT2D eigenvalue weighted by Crippen LogP contribution is -2.42. The number of carbonyl (C=O) groups excluding carboxylic acids is 1. The summed E-state index contributed by atoms with van der Waals surface area (Å²) < 4.78 is 1.06. The second-order valence-corrected chi connectivity index (χ2v) is 6.85. The maximum Gasteiger partial charge on any atom is 0.328 e. The van der Waals surface area contributed by atoms with Gasteiger partial charge in [-0.05, 0) is 36.9 Å². The van der Waals surface area contributed by atoms with Gasteiger partial charge in [0.05, 0.1) is 6.54 Å². The third-order valence-electron chi connectivity index (χ3n) is 4.15. The number of aromatic amines is 1. The molecule has 3 aromatic rings. The number of nitrogens with zero attached hydrogens (tertiary/aromatic N) is 2. The predicted octanol–water partition coefficient (Wildman–Crippen LogP) is 2.62. The molecule has 1 aromatic carbocycles. The van der Waals surface area contributed by atoms with E-state index in [1.807, 2.05) is 55.6 Å². The van der Waals surface area contributed by atoms with E-state index in [-0.39, 0.29) is 12.1 Å². The number of H-pyrrole nitrogens is 1. The van der Waals surface area contributed by atoms with Crippen molar-refractivity contribution in [3.8, 4) is 0 Å². The second kappa shape index (κ2) is 7.53. The van der Waals surface area contributed by atoms with Gasteiger partial charge in [0.15, 0.2) is 0 Å². The highest BCUT2D eigenvalue weighted by Gasteiger charge is 2.22. The van der Waals surface area contributed by atoms with Crippen LogP contribution in [0.1, 0.15) is 27.7 Å². The third-order valence-corrected chi connectivity index (χ3v) is 5.01. The van der Waals surface area contributed by atoms with Crippen molar-refractivity contribution in [2.45, 2.75) is 20.4 Å². The Bertz CT molecular complexity index is 1030. The molecule has 0 radical (unpaired) electrons. The van der Waals surface area contributed by atoms with Gasteiger partial charge in [-0.25, -0.2) is 4.79 Å². The number of aromatic nitrogens is 2. The molecule has 0 fully saturated rings. The van der Waals surface area contributed by atoms with Crippen LogP contribution in [0.3, 0.4) is 0 Å². The number of benzene rings is 1. The molecule has 0 atom stereocenters. The average Bonchev–Trinajstić information content (AvgIpc) is 3.14. The smallest absolute Gasteiger partial charge is 0.313 e. The highest BCUT2D eigenvalue weighted by molar-refractivity contribution is 7.09. The Morgan fingerprint density at radius 2 is 1.96 bits per heavy atom. The molecule has 0 saturated heterocycles. The van der Waals surface area contributed by atoms with Crippen molar-refractivity contribution < 1.29 is 4.79 Å². The van der Waals surface area contributed by atoms with Gasteiger partial charge in [0.25, 0.3) is 11.5 Å². The summed E-state index contributed by atoms with van der Waals surface area (Å²) in [6, 6.07) is 11.2. The molecule has 0 unspecified atom stereocenters. The lowest BCUT2D eigenvalue weighted by atomic mass is 10.1. The molecule has 1 N–H and O–H groups in total. The van der Waals surface area contributed by atoms with Crippen LogP contribution in [0.2, 0.25) is 0 Å². The van der Waals surface area contributed by atoms with Crippen LogP contribution >= 0.6 is 11.3 Å². The van der Waals surface area contributed by atoms with Gasteiger partial charge in [0, 0.05) is 23.3 Å². The first-order chi connectivity index (χ1) is 12.5. The van der Waals surface area contributed by atoms with E-state index in [2.05, 4.69) is 4.98 Å². The fourth-order valence-corrected chi connectivity index (χ4v) is 3.49. The molecule has 7 heteroatoms. The zero-order chi connectivity index (χ0) is 18.7. The second-order valence-electron chi connectivity index (χ2n) is 5.81. The molecule has 0 bridgehead atoms. The summed E-state index contributed by atoms with van der Waals surface area (Å²) >= 11 is 1.45. The minimum absolute atomic E-state index is 0.0498. The van der Waals surface area contributed by atoms with Crippen LogP contribution in [-0.2, 0) is 6.54 Å². The lowest BCUT2D eigenvalue weighted by Gasteiger charge is -2.22. The largest absolute Gasteiger partial charge is 0.328 e. The number of amides is 1. The number of anilines is 1. The van der Waals surface area contributed by atoms with Gasteiger partial charge in [-0.2, -0.15) is 0 Å². The van der Waals surface area contributed by atoms with Crippen molar-refractivity contribution in [3.05, 3.63) is 84.8 Å². The summed E-state index contributed by atoms with van der Waals surface area (Å²) in [7, 11) is 0. The Kier molecular flexibility index (Phi) is 5.18. The van der Waals surface area contributed by atoms with Gasteiger partial charge >= 0.3 is 5.69 Å². The van der Waals surface area contributed by atoms with Crippen LogP contribution in [0.15, 0.2) is 57.6 Å². The Balaban J connectivity index is 2.03. The highest BCUT2D eigenvalue weighted by atomic mass is 32.1. The van der Waals surface area contributed by atoms with Crippen molar-refractivity contribution in [1.29, 1.82) is 0 Å². The van der Waals surface area contributed by atoms with Crippen molar-refractivity contribution in [3.63, 3.8) is 0 Å². The Labute approximate surface area is 154 Å². The fraction of sp³-hybridized carbons (Fsp3) is 0.211. The number of aryl methyl sites for hydroxylation is 1. The minimum atomic E-state index is -0.584. The molecule has 6 nitrogen and oxygen atoms in total. The molecular formula is C19H19N3O3S. The minimum Gasteiger partial charge on any atom is -0.313 e. The maximum absolute atomic E-state index is 13.0. The fourth-order valence-electron chi connectivity index (χ4n) is 2.80. The van der Waals surface area contributed by atoms with E-state index in [1.54, 1.807) is 4.90 Å². The maximum atomic E-state index is 13.0. The number of nitrogens with one attached hydrogen (secondary N) is 1. The van der Waals surface area contributed by atoms with E-state index in [4.69, 9.17) is 0 Å². The summed E-state index contributed by atoms with van der Waals surface area (Å²) in [4.78, 5) is 42.8. The zero-order valence-electron chi connectivity index (χ0n) is 14.6. The van der Waals surface area contributed by atoms with Gasteiger partial charge in [-0.15, -0.1) is 11.3 Å². The SMILES string of the molecule is CCN(C(=O)c1c[nH]c(=O)n(Cc2cccs2)c1=O)c1ccccc1C. The van der Waals surface area contributed by atoms with Crippen molar-refractivity contribution in [2.24, 2.45) is 0 Å². The van der Waals surface area contributed by atoms with Gasteiger partial charge in [-0.3, -0.25) is 14.2 Å². The van der Waals surface area contributed by atoms with Crippen LogP contribution in [0.4, 0.5) is 5.69 Å². The number of hydrogen-bond donors (Lipinski definition) is 1.